The van der Waals surface area contributed by atoms with Crippen LogP contribution in [0.1, 0.15) is 44.2 Å². The predicted molar refractivity (Wildman–Crippen MR) is 86.7 cm³/mol. The van der Waals surface area contributed by atoms with Crippen LogP contribution in [0, 0.1) is 5.92 Å². The molecule has 1 saturated heterocycles. The molecule has 0 radical (unpaired) electrons. The number of methoxy groups -OCH3 is 1. The average Bonchev–Trinajstić information content (AvgIpc) is 3.38. The molecule has 0 spiro atoms. The number of ether oxygens (including phenoxy) is 1. The summed E-state index contributed by atoms with van der Waals surface area (Å²) in [5, 5.41) is 3.55. The molecule has 2 fully saturated rings. The Bertz CT molecular complexity index is 452. The molecule has 3 nitrogen and oxygen atoms in total. The summed E-state index contributed by atoms with van der Waals surface area (Å²) < 4.78 is 5.38. The molecule has 1 aromatic carbocycles. The number of piperidine rings is 1. The van der Waals surface area contributed by atoms with Gasteiger partial charge in [-0.05, 0) is 69.3 Å². The van der Waals surface area contributed by atoms with Gasteiger partial charge in [0.2, 0.25) is 0 Å². The minimum atomic E-state index is 0.481. The van der Waals surface area contributed by atoms with Gasteiger partial charge in [-0.25, -0.2) is 0 Å². The number of nitrogens with zero attached hydrogens (tertiary/aromatic N) is 1. The highest BCUT2D eigenvalue weighted by molar-refractivity contribution is 5.30. The Labute approximate surface area is 128 Å². The number of hydrogen-bond donors (Lipinski definition) is 1. The summed E-state index contributed by atoms with van der Waals surface area (Å²) in [4.78, 5) is 2.73. The van der Waals surface area contributed by atoms with Crippen LogP contribution in [0.15, 0.2) is 24.3 Å². The average molecular weight is 288 g/mol. The molecule has 0 amide bonds. The summed E-state index contributed by atoms with van der Waals surface area (Å²) in [6, 6.07) is 9.85. The SMILES string of the molecule is COc1cccc(C(C)N(CC2CCCNC2)C2CC2)c1. The van der Waals surface area contributed by atoms with Crippen LogP contribution in [0.5, 0.6) is 5.75 Å². The van der Waals surface area contributed by atoms with Gasteiger partial charge in [0.1, 0.15) is 5.75 Å². The largest absolute Gasteiger partial charge is 0.497 e. The van der Waals surface area contributed by atoms with E-state index >= 15 is 0 Å². The Balaban J connectivity index is 1.70. The first-order chi connectivity index (χ1) is 10.3. The van der Waals surface area contributed by atoms with Crippen molar-refractivity contribution in [2.75, 3.05) is 26.7 Å². The number of benzene rings is 1. The Morgan fingerprint density at radius 1 is 1.33 bits per heavy atom. The first kappa shape index (κ1) is 14.9. The molecule has 2 unspecified atom stereocenters. The molecule has 1 heterocycles. The van der Waals surface area contributed by atoms with E-state index in [1.54, 1.807) is 7.11 Å². The Hall–Kier alpha value is -1.06. The lowest BCUT2D eigenvalue weighted by Gasteiger charge is -2.34. The molecule has 1 aliphatic heterocycles. The predicted octanol–water partition coefficient (Wildman–Crippen LogP) is 3.22. The van der Waals surface area contributed by atoms with Crippen molar-refractivity contribution in [1.82, 2.24) is 10.2 Å². The highest BCUT2D eigenvalue weighted by Crippen LogP contribution is 2.36. The normalized spacial score (nSPS) is 24.0. The second-order valence-electron chi connectivity index (χ2n) is 6.59. The van der Waals surface area contributed by atoms with E-state index < -0.39 is 0 Å². The molecule has 1 aromatic rings. The molecule has 1 aliphatic carbocycles. The van der Waals surface area contributed by atoms with Gasteiger partial charge in [0, 0.05) is 18.6 Å². The fourth-order valence-corrected chi connectivity index (χ4v) is 3.50. The van der Waals surface area contributed by atoms with E-state index in [1.807, 2.05) is 6.07 Å². The molecule has 1 saturated carbocycles. The van der Waals surface area contributed by atoms with Gasteiger partial charge in [0.15, 0.2) is 0 Å². The molecular weight excluding hydrogens is 260 g/mol. The lowest BCUT2D eigenvalue weighted by atomic mass is 9.97. The number of nitrogens with one attached hydrogen (secondary N) is 1. The van der Waals surface area contributed by atoms with Crippen molar-refractivity contribution in [3.63, 3.8) is 0 Å². The fourth-order valence-electron chi connectivity index (χ4n) is 3.50. The summed E-state index contributed by atoms with van der Waals surface area (Å²) in [5.74, 6) is 1.78. The molecule has 3 heteroatoms. The van der Waals surface area contributed by atoms with E-state index in [0.29, 0.717) is 6.04 Å². The Morgan fingerprint density at radius 3 is 2.86 bits per heavy atom. The van der Waals surface area contributed by atoms with Crippen LogP contribution in [-0.4, -0.2) is 37.7 Å². The van der Waals surface area contributed by atoms with Crippen LogP contribution in [0.4, 0.5) is 0 Å². The molecule has 2 atom stereocenters. The lowest BCUT2D eigenvalue weighted by Crippen LogP contribution is -2.40. The van der Waals surface area contributed by atoms with E-state index in [0.717, 1.165) is 17.7 Å². The van der Waals surface area contributed by atoms with Crippen LogP contribution in [0.25, 0.3) is 0 Å². The fraction of sp³-hybridized carbons (Fsp3) is 0.667. The smallest absolute Gasteiger partial charge is 0.119 e. The molecule has 21 heavy (non-hydrogen) atoms. The lowest BCUT2D eigenvalue weighted by molar-refractivity contribution is 0.154. The topological polar surface area (TPSA) is 24.5 Å². The van der Waals surface area contributed by atoms with Gasteiger partial charge in [0.25, 0.3) is 0 Å². The molecule has 0 bridgehead atoms. The maximum Gasteiger partial charge on any atom is 0.119 e. The van der Waals surface area contributed by atoms with Gasteiger partial charge >= 0.3 is 0 Å². The minimum absolute atomic E-state index is 0.481. The Morgan fingerprint density at radius 2 is 2.19 bits per heavy atom. The van der Waals surface area contributed by atoms with E-state index in [9.17, 15) is 0 Å². The highest BCUT2D eigenvalue weighted by atomic mass is 16.5. The van der Waals surface area contributed by atoms with E-state index in [4.69, 9.17) is 4.74 Å². The summed E-state index contributed by atoms with van der Waals surface area (Å²) in [6.45, 7) is 5.97. The second kappa shape index (κ2) is 6.80. The molecule has 2 aliphatic rings. The van der Waals surface area contributed by atoms with Crippen molar-refractivity contribution >= 4 is 0 Å². The molecule has 3 rings (SSSR count). The summed E-state index contributed by atoms with van der Waals surface area (Å²) in [7, 11) is 1.75. The summed E-state index contributed by atoms with van der Waals surface area (Å²) >= 11 is 0. The number of hydrogen-bond acceptors (Lipinski definition) is 3. The van der Waals surface area contributed by atoms with Crippen molar-refractivity contribution in [3.8, 4) is 5.75 Å². The third-order valence-corrected chi connectivity index (χ3v) is 4.96. The van der Waals surface area contributed by atoms with Gasteiger partial charge in [0.05, 0.1) is 7.11 Å². The number of rotatable bonds is 6. The molecule has 116 valence electrons. The zero-order valence-corrected chi connectivity index (χ0v) is 13.3. The maximum atomic E-state index is 5.38. The van der Waals surface area contributed by atoms with Crippen LogP contribution in [-0.2, 0) is 0 Å². The zero-order valence-electron chi connectivity index (χ0n) is 13.3. The monoisotopic (exact) mass is 288 g/mol. The van der Waals surface area contributed by atoms with Crippen molar-refractivity contribution < 1.29 is 4.74 Å². The molecular formula is C18H28N2O. The maximum absolute atomic E-state index is 5.38. The Kier molecular flexibility index (Phi) is 4.81. The second-order valence-corrected chi connectivity index (χ2v) is 6.59. The molecule has 0 aromatic heterocycles. The van der Waals surface area contributed by atoms with Crippen molar-refractivity contribution in [1.29, 1.82) is 0 Å². The van der Waals surface area contributed by atoms with Gasteiger partial charge in [-0.1, -0.05) is 12.1 Å². The first-order valence-corrected chi connectivity index (χ1v) is 8.38. The van der Waals surface area contributed by atoms with Gasteiger partial charge in [-0.3, -0.25) is 4.90 Å². The van der Waals surface area contributed by atoms with Gasteiger partial charge in [-0.15, -0.1) is 0 Å². The van der Waals surface area contributed by atoms with Gasteiger partial charge in [-0.2, -0.15) is 0 Å². The van der Waals surface area contributed by atoms with E-state index in [-0.39, 0.29) is 0 Å². The van der Waals surface area contributed by atoms with E-state index in [2.05, 4.69) is 35.3 Å². The zero-order chi connectivity index (χ0) is 14.7. The van der Waals surface area contributed by atoms with Gasteiger partial charge < -0.3 is 10.1 Å². The minimum Gasteiger partial charge on any atom is -0.497 e. The van der Waals surface area contributed by atoms with Crippen molar-refractivity contribution in [2.45, 2.75) is 44.7 Å². The van der Waals surface area contributed by atoms with Crippen LogP contribution in [0.3, 0.4) is 0 Å². The van der Waals surface area contributed by atoms with E-state index in [1.165, 1.54) is 50.9 Å². The third kappa shape index (κ3) is 3.78. The molecule has 1 N–H and O–H groups in total. The van der Waals surface area contributed by atoms with Crippen LogP contribution >= 0.6 is 0 Å². The standard InChI is InChI=1S/C18H28N2O/c1-14(16-6-3-7-18(11-16)21-2)20(17-8-9-17)13-15-5-4-10-19-12-15/h3,6-7,11,14-15,17,19H,4-5,8-10,12-13H2,1-2H3. The van der Waals surface area contributed by atoms with Crippen molar-refractivity contribution in [2.24, 2.45) is 5.92 Å². The van der Waals surface area contributed by atoms with Crippen molar-refractivity contribution in [3.05, 3.63) is 29.8 Å². The summed E-state index contributed by atoms with van der Waals surface area (Å²) in [6.07, 6.45) is 5.45. The third-order valence-electron chi connectivity index (χ3n) is 4.96. The quantitative estimate of drug-likeness (QED) is 0.870. The van der Waals surface area contributed by atoms with Crippen LogP contribution < -0.4 is 10.1 Å². The first-order valence-electron chi connectivity index (χ1n) is 8.38. The summed E-state index contributed by atoms with van der Waals surface area (Å²) in [5.41, 5.74) is 1.38. The highest BCUT2D eigenvalue weighted by Gasteiger charge is 2.34. The van der Waals surface area contributed by atoms with Crippen LogP contribution in [0.2, 0.25) is 0 Å².